The van der Waals surface area contributed by atoms with Crippen molar-refractivity contribution in [3.8, 4) is 0 Å². The zero-order valence-corrected chi connectivity index (χ0v) is 37.5. The monoisotopic (exact) mass is 789 g/mol. The maximum Gasteiger partial charge on any atom is 0.0644 e. The third-order valence-corrected chi connectivity index (χ3v) is 11.8. The van der Waals surface area contributed by atoms with Crippen LogP contribution in [0.15, 0.2) is 24.3 Å². The minimum atomic E-state index is -0.217. The predicted octanol–water partition coefficient (Wildman–Crippen LogP) is 13.2. The lowest BCUT2D eigenvalue weighted by molar-refractivity contribution is 0.0277. The average Bonchev–Trinajstić information content (AvgIpc) is 3.65. The number of unbranched alkanes of at least 4 members (excludes halogenated alkanes) is 30. The molecule has 0 saturated heterocycles. The van der Waals surface area contributed by atoms with Crippen molar-refractivity contribution in [2.75, 3.05) is 39.6 Å². The van der Waals surface area contributed by atoms with Crippen LogP contribution in [0.4, 0.5) is 0 Å². The molecule has 0 fully saturated rings. The van der Waals surface area contributed by atoms with Crippen molar-refractivity contribution in [2.45, 2.75) is 244 Å². The molecule has 0 radical (unpaired) electrons. The molecule has 1 heterocycles. The van der Waals surface area contributed by atoms with E-state index in [4.69, 9.17) is 20.3 Å². The Hall–Kier alpha value is -1.02. The summed E-state index contributed by atoms with van der Waals surface area (Å²) in [7, 11) is 0. The van der Waals surface area contributed by atoms with E-state index >= 15 is 0 Å². The smallest absolute Gasteiger partial charge is 0.0644 e. The van der Waals surface area contributed by atoms with Gasteiger partial charge in [-0.2, -0.15) is 0 Å². The summed E-state index contributed by atoms with van der Waals surface area (Å²) in [5, 5.41) is 18.6. The van der Waals surface area contributed by atoms with Crippen LogP contribution >= 0.6 is 0 Å². The molecular formula is C50H96N2O4. The highest BCUT2D eigenvalue weighted by Crippen LogP contribution is 2.24. The van der Waals surface area contributed by atoms with Crippen molar-refractivity contribution in [1.29, 1.82) is 0 Å². The number of benzene rings is 1. The number of nitrogens with zero attached hydrogens (tertiary/aromatic N) is 1. The fourth-order valence-electron chi connectivity index (χ4n) is 7.90. The van der Waals surface area contributed by atoms with Gasteiger partial charge in [0.2, 0.25) is 0 Å². The Morgan fingerprint density at radius 2 is 0.768 bits per heavy atom. The van der Waals surface area contributed by atoms with Gasteiger partial charge in [-0.3, -0.25) is 4.90 Å². The van der Waals surface area contributed by atoms with E-state index in [0.717, 1.165) is 39.1 Å². The molecule has 0 bridgehead atoms. The van der Waals surface area contributed by atoms with Gasteiger partial charge in [0, 0.05) is 26.3 Å². The predicted molar refractivity (Wildman–Crippen MR) is 242 cm³/mol. The highest BCUT2D eigenvalue weighted by atomic mass is 16.5. The number of hydrogen-bond acceptors (Lipinski definition) is 6. The Balaban J connectivity index is 0.000000586. The van der Waals surface area contributed by atoms with E-state index in [1.165, 1.54) is 204 Å². The maximum absolute atomic E-state index is 9.79. The van der Waals surface area contributed by atoms with Gasteiger partial charge in [0.1, 0.15) is 0 Å². The van der Waals surface area contributed by atoms with Crippen molar-refractivity contribution in [2.24, 2.45) is 5.73 Å². The van der Waals surface area contributed by atoms with Gasteiger partial charge in [-0.15, -0.1) is 0 Å². The Morgan fingerprint density at radius 1 is 0.464 bits per heavy atom. The van der Waals surface area contributed by atoms with E-state index in [1.807, 2.05) is 0 Å². The molecule has 330 valence electrons. The molecule has 1 aliphatic rings. The number of rotatable bonds is 41. The van der Waals surface area contributed by atoms with Gasteiger partial charge in [0.15, 0.2) is 0 Å². The summed E-state index contributed by atoms with van der Waals surface area (Å²) in [5.74, 6) is 0. The van der Waals surface area contributed by atoms with Crippen molar-refractivity contribution in [3.63, 3.8) is 0 Å². The lowest BCUT2D eigenvalue weighted by Crippen LogP contribution is -2.37. The molecule has 1 aromatic carbocycles. The molecule has 0 aliphatic carbocycles. The van der Waals surface area contributed by atoms with Gasteiger partial charge in [0.05, 0.1) is 38.5 Å². The van der Waals surface area contributed by atoms with Gasteiger partial charge in [0.25, 0.3) is 0 Å². The summed E-state index contributed by atoms with van der Waals surface area (Å²) < 4.78 is 11.3. The second kappa shape index (κ2) is 42.1. The molecule has 0 aromatic heterocycles. The number of aliphatic hydroxyl groups excluding tert-OH is 2. The van der Waals surface area contributed by atoms with Gasteiger partial charge in [-0.25, -0.2) is 0 Å². The number of hydrogen-bond donors (Lipinski definition) is 3. The Kier molecular flexibility index (Phi) is 39.9. The van der Waals surface area contributed by atoms with Crippen LogP contribution in [0.5, 0.6) is 0 Å². The van der Waals surface area contributed by atoms with E-state index in [2.05, 4.69) is 43.0 Å². The molecule has 0 saturated carbocycles. The quantitative estimate of drug-likeness (QED) is 0.0573. The lowest BCUT2D eigenvalue weighted by Gasteiger charge is -2.25. The molecule has 0 unspecified atom stereocenters. The third-order valence-electron chi connectivity index (χ3n) is 11.8. The third kappa shape index (κ3) is 32.9. The van der Waals surface area contributed by atoms with Crippen LogP contribution in [0.1, 0.15) is 230 Å². The first-order chi connectivity index (χ1) is 27.7. The second-order valence-corrected chi connectivity index (χ2v) is 17.2. The van der Waals surface area contributed by atoms with Crippen LogP contribution in [0, 0.1) is 0 Å². The van der Waals surface area contributed by atoms with E-state index < -0.39 is 0 Å². The molecule has 6 nitrogen and oxygen atoms in total. The highest BCUT2D eigenvalue weighted by Gasteiger charge is 2.25. The summed E-state index contributed by atoms with van der Waals surface area (Å²) in [6, 6.07) is 8.49. The van der Waals surface area contributed by atoms with Gasteiger partial charge >= 0.3 is 0 Å². The molecule has 0 amide bonds. The molecule has 1 aliphatic heterocycles. The average molecular weight is 789 g/mol. The normalized spacial score (nSPS) is 13.8. The van der Waals surface area contributed by atoms with E-state index in [1.54, 1.807) is 0 Å². The van der Waals surface area contributed by atoms with Gasteiger partial charge in [-0.1, -0.05) is 231 Å². The molecule has 56 heavy (non-hydrogen) atoms. The molecule has 4 N–H and O–H groups in total. The number of fused-ring (bicyclic) bond motifs is 1. The summed E-state index contributed by atoms with van der Waals surface area (Å²) in [5.41, 5.74) is 8.35. The first kappa shape index (κ1) is 53.0. The molecule has 0 spiro atoms. The fraction of sp³-hybridized carbons (Fsp3) is 0.880. The molecule has 2 rings (SSSR count). The number of nitrogens with two attached hydrogens (primary N) is 1. The number of aliphatic hydroxyl groups is 2. The van der Waals surface area contributed by atoms with E-state index in [-0.39, 0.29) is 25.3 Å². The zero-order valence-electron chi connectivity index (χ0n) is 37.5. The second-order valence-electron chi connectivity index (χ2n) is 17.2. The van der Waals surface area contributed by atoms with Crippen LogP contribution in [-0.4, -0.2) is 66.8 Å². The maximum atomic E-state index is 9.79. The van der Waals surface area contributed by atoms with Crippen LogP contribution in [0.2, 0.25) is 0 Å². The summed E-state index contributed by atoms with van der Waals surface area (Å²) in [6.07, 6.45) is 44.5. The van der Waals surface area contributed by atoms with Gasteiger partial charge < -0.3 is 25.4 Å². The lowest BCUT2D eigenvalue weighted by atomic mass is 10.0. The summed E-state index contributed by atoms with van der Waals surface area (Å²) >= 11 is 0. The SMILES string of the molecule is CCCCCCCCCCCCCCCCCCOC[C@@H](N)CO.CCCCCCCCCCCCCCCCCCOC[C@H](CO)N1Cc2ccccc2C1. The standard InChI is InChI=1S/C29H51NO2.C21H45NO2/c1-2-3-4-5-6-7-8-9-10-11-12-13-14-15-16-19-22-32-26-29(25-31)30-23-27-20-17-18-21-28(27)24-30;1-2-3-4-5-6-7-8-9-10-11-12-13-14-15-16-17-18-24-20-21(22)19-23/h17-18,20-21,29,31H,2-16,19,22-26H2,1H3;21,23H,2-20,22H2,1H3/t29-;21-/m00/s1. The Bertz CT molecular complexity index is 892. The van der Waals surface area contributed by atoms with E-state index in [9.17, 15) is 5.11 Å². The van der Waals surface area contributed by atoms with Gasteiger partial charge in [-0.05, 0) is 24.0 Å². The van der Waals surface area contributed by atoms with Crippen LogP contribution in [0.3, 0.4) is 0 Å². The molecule has 2 atom stereocenters. The highest BCUT2D eigenvalue weighted by molar-refractivity contribution is 5.30. The topological polar surface area (TPSA) is 88.2 Å². The molecule has 6 heteroatoms. The van der Waals surface area contributed by atoms with Crippen LogP contribution in [0.25, 0.3) is 0 Å². The van der Waals surface area contributed by atoms with E-state index in [0.29, 0.717) is 13.2 Å². The Labute approximate surface area is 348 Å². The van der Waals surface area contributed by atoms with Crippen molar-refractivity contribution in [1.82, 2.24) is 4.90 Å². The zero-order chi connectivity index (χ0) is 40.4. The fourth-order valence-corrected chi connectivity index (χ4v) is 7.90. The minimum Gasteiger partial charge on any atom is -0.395 e. The van der Waals surface area contributed by atoms with Crippen molar-refractivity contribution < 1.29 is 19.7 Å². The van der Waals surface area contributed by atoms with Crippen molar-refractivity contribution >= 4 is 0 Å². The number of ether oxygens (including phenoxy) is 2. The summed E-state index contributed by atoms with van der Waals surface area (Å²) in [4.78, 5) is 2.35. The Morgan fingerprint density at radius 3 is 1.07 bits per heavy atom. The molecular weight excluding hydrogens is 693 g/mol. The van der Waals surface area contributed by atoms with Crippen LogP contribution < -0.4 is 5.73 Å². The molecule has 1 aromatic rings. The summed E-state index contributed by atoms with van der Waals surface area (Å²) in [6.45, 7) is 9.37. The largest absolute Gasteiger partial charge is 0.395 e. The first-order valence-electron chi connectivity index (χ1n) is 24.6. The van der Waals surface area contributed by atoms with Crippen LogP contribution in [-0.2, 0) is 22.6 Å². The van der Waals surface area contributed by atoms with Crippen molar-refractivity contribution in [3.05, 3.63) is 35.4 Å². The first-order valence-corrected chi connectivity index (χ1v) is 24.6. The minimum absolute atomic E-state index is 0.0129.